The number of hydrogen-bond donors (Lipinski definition) is 2. The maximum atomic E-state index is 5.71. The second-order valence-corrected chi connectivity index (χ2v) is 5.08. The number of halogens is 1. The van der Waals surface area contributed by atoms with E-state index in [1.54, 1.807) is 11.7 Å². The Hall–Kier alpha value is -0.870. The second-order valence-electron chi connectivity index (χ2n) is 5.08. The number of ether oxygens (including phenoxy) is 2. The lowest BCUT2D eigenvalue weighted by Gasteiger charge is -2.12. The molecule has 1 aromatic rings. The molecule has 1 fully saturated rings. The molecule has 1 unspecified atom stereocenters. The highest BCUT2D eigenvalue weighted by Gasteiger charge is 2.15. The van der Waals surface area contributed by atoms with Crippen LogP contribution in [0.25, 0.3) is 0 Å². The molecule has 126 valence electrons. The first kappa shape index (κ1) is 19.2. The van der Waals surface area contributed by atoms with E-state index in [-0.39, 0.29) is 30.1 Å². The fourth-order valence-corrected chi connectivity index (χ4v) is 2.14. The van der Waals surface area contributed by atoms with Crippen molar-refractivity contribution < 1.29 is 9.47 Å². The molecule has 2 heterocycles. The van der Waals surface area contributed by atoms with Crippen molar-refractivity contribution in [3.63, 3.8) is 0 Å². The smallest absolute Gasteiger partial charge is 0.191 e. The summed E-state index contributed by atoms with van der Waals surface area (Å²) in [6.07, 6.45) is 6.08. The topological polar surface area (TPSA) is 72.7 Å². The van der Waals surface area contributed by atoms with Gasteiger partial charge >= 0.3 is 0 Å². The Bertz CT molecular complexity index is 446. The Morgan fingerprint density at radius 2 is 2.41 bits per heavy atom. The van der Waals surface area contributed by atoms with Gasteiger partial charge in [-0.2, -0.15) is 5.10 Å². The molecule has 1 aliphatic rings. The van der Waals surface area contributed by atoms with Crippen LogP contribution in [0.15, 0.2) is 17.4 Å². The average Bonchev–Trinajstić information content (AvgIpc) is 3.13. The molecule has 22 heavy (non-hydrogen) atoms. The van der Waals surface area contributed by atoms with Gasteiger partial charge in [-0.1, -0.05) is 0 Å². The minimum absolute atomic E-state index is 0. The number of aliphatic imine (C=N–C) groups is 1. The zero-order valence-electron chi connectivity index (χ0n) is 13.2. The van der Waals surface area contributed by atoms with Crippen molar-refractivity contribution in [2.45, 2.75) is 25.5 Å². The maximum absolute atomic E-state index is 5.71. The van der Waals surface area contributed by atoms with Crippen molar-refractivity contribution >= 4 is 29.9 Å². The molecular formula is C14H26IN5O2. The Labute approximate surface area is 148 Å². The number of aryl methyl sites for hydroxylation is 1. The van der Waals surface area contributed by atoms with Crippen LogP contribution < -0.4 is 10.6 Å². The lowest BCUT2D eigenvalue weighted by atomic mass is 10.3. The van der Waals surface area contributed by atoms with Crippen molar-refractivity contribution in [2.24, 2.45) is 12.0 Å². The highest BCUT2D eigenvalue weighted by Crippen LogP contribution is 2.07. The van der Waals surface area contributed by atoms with Crippen LogP contribution in [0.2, 0.25) is 0 Å². The van der Waals surface area contributed by atoms with Gasteiger partial charge in [0, 0.05) is 52.2 Å². The van der Waals surface area contributed by atoms with E-state index in [9.17, 15) is 0 Å². The molecular weight excluding hydrogens is 397 g/mol. The molecule has 0 saturated carbocycles. The molecule has 1 saturated heterocycles. The van der Waals surface area contributed by atoms with E-state index in [0.717, 1.165) is 50.7 Å². The van der Waals surface area contributed by atoms with Gasteiger partial charge in [0.1, 0.15) is 0 Å². The molecule has 0 bridgehead atoms. The van der Waals surface area contributed by atoms with Crippen molar-refractivity contribution in [3.05, 3.63) is 18.0 Å². The lowest BCUT2D eigenvalue weighted by Crippen LogP contribution is -2.37. The van der Waals surface area contributed by atoms with Crippen LogP contribution in [0.3, 0.4) is 0 Å². The molecule has 0 aliphatic carbocycles. The third-order valence-electron chi connectivity index (χ3n) is 3.30. The van der Waals surface area contributed by atoms with Crippen LogP contribution in [0.1, 0.15) is 18.4 Å². The second kappa shape index (κ2) is 10.8. The molecule has 8 heteroatoms. The molecule has 1 atom stereocenters. The summed E-state index contributed by atoms with van der Waals surface area (Å²) in [6, 6.07) is 0. The number of nitrogens with zero attached hydrogens (tertiary/aromatic N) is 3. The van der Waals surface area contributed by atoms with E-state index >= 15 is 0 Å². The number of rotatable bonds is 7. The largest absolute Gasteiger partial charge is 0.379 e. The molecule has 2 rings (SSSR count). The first-order chi connectivity index (χ1) is 10.3. The van der Waals surface area contributed by atoms with E-state index in [2.05, 4.69) is 20.7 Å². The van der Waals surface area contributed by atoms with Gasteiger partial charge in [-0.05, 0) is 12.8 Å². The summed E-state index contributed by atoms with van der Waals surface area (Å²) in [6.45, 7) is 3.86. The van der Waals surface area contributed by atoms with E-state index < -0.39 is 0 Å². The van der Waals surface area contributed by atoms with E-state index in [0.29, 0.717) is 6.54 Å². The van der Waals surface area contributed by atoms with E-state index in [1.165, 1.54) is 0 Å². The predicted octanol–water partition coefficient (Wildman–Crippen LogP) is 0.899. The van der Waals surface area contributed by atoms with Gasteiger partial charge < -0.3 is 20.1 Å². The van der Waals surface area contributed by atoms with Crippen molar-refractivity contribution in [3.8, 4) is 0 Å². The summed E-state index contributed by atoms with van der Waals surface area (Å²) in [5, 5.41) is 10.7. The van der Waals surface area contributed by atoms with Crippen LogP contribution in [0.4, 0.5) is 0 Å². The molecule has 1 aliphatic heterocycles. The molecule has 0 spiro atoms. The minimum Gasteiger partial charge on any atom is -0.379 e. The predicted molar refractivity (Wildman–Crippen MR) is 96.6 cm³/mol. The zero-order valence-corrected chi connectivity index (χ0v) is 15.6. The van der Waals surface area contributed by atoms with Crippen molar-refractivity contribution in [1.82, 2.24) is 20.4 Å². The summed E-state index contributed by atoms with van der Waals surface area (Å²) in [7, 11) is 3.68. The highest BCUT2D eigenvalue weighted by atomic mass is 127. The van der Waals surface area contributed by atoms with E-state index in [1.807, 2.05) is 19.4 Å². The molecule has 2 N–H and O–H groups in total. The quantitative estimate of drug-likeness (QED) is 0.295. The Kier molecular flexibility index (Phi) is 9.41. The Balaban J connectivity index is 0.00000242. The Morgan fingerprint density at radius 1 is 1.55 bits per heavy atom. The summed E-state index contributed by atoms with van der Waals surface area (Å²) in [5.74, 6) is 0.794. The number of hydrogen-bond acceptors (Lipinski definition) is 4. The molecule has 0 radical (unpaired) electrons. The van der Waals surface area contributed by atoms with Crippen LogP contribution >= 0.6 is 24.0 Å². The first-order valence-corrected chi connectivity index (χ1v) is 7.39. The summed E-state index contributed by atoms with van der Waals surface area (Å²) in [4.78, 5) is 4.19. The van der Waals surface area contributed by atoms with Gasteiger partial charge in [0.15, 0.2) is 5.96 Å². The third-order valence-corrected chi connectivity index (χ3v) is 3.30. The minimum atomic E-state index is 0. The lowest BCUT2D eigenvalue weighted by molar-refractivity contribution is 0.0420. The number of nitrogens with one attached hydrogen (secondary N) is 2. The van der Waals surface area contributed by atoms with Crippen molar-refractivity contribution in [1.29, 1.82) is 0 Å². The number of aromatic nitrogens is 2. The molecule has 1 aromatic heterocycles. The Morgan fingerprint density at radius 3 is 3.05 bits per heavy atom. The monoisotopic (exact) mass is 423 g/mol. The maximum Gasteiger partial charge on any atom is 0.191 e. The molecule has 0 amide bonds. The molecule has 7 nitrogen and oxygen atoms in total. The fourth-order valence-electron chi connectivity index (χ4n) is 2.14. The highest BCUT2D eigenvalue weighted by molar-refractivity contribution is 14.0. The standard InChI is InChI=1S/C14H25N5O2.HI/c1-15-14(17-8-12-9-18-19(2)10-12)16-5-3-6-21-13-4-7-20-11-13;/h9-10,13H,3-8,11H2,1-2H3,(H2,15,16,17);1H. The van der Waals surface area contributed by atoms with E-state index in [4.69, 9.17) is 9.47 Å². The van der Waals surface area contributed by atoms with Gasteiger partial charge in [-0.15, -0.1) is 24.0 Å². The zero-order chi connectivity index (χ0) is 14.9. The van der Waals surface area contributed by atoms with Gasteiger partial charge in [0.25, 0.3) is 0 Å². The fraction of sp³-hybridized carbons (Fsp3) is 0.714. The first-order valence-electron chi connectivity index (χ1n) is 7.39. The van der Waals surface area contributed by atoms with Crippen LogP contribution in [0, 0.1) is 0 Å². The third kappa shape index (κ3) is 6.93. The van der Waals surface area contributed by atoms with Crippen LogP contribution in [-0.2, 0) is 23.1 Å². The SMILES string of the molecule is CN=C(NCCCOC1CCOC1)NCc1cnn(C)c1.I. The van der Waals surface area contributed by atoms with Gasteiger partial charge in [0.05, 0.1) is 18.9 Å². The van der Waals surface area contributed by atoms with Gasteiger partial charge in [0.2, 0.25) is 0 Å². The summed E-state index contributed by atoms with van der Waals surface area (Å²) >= 11 is 0. The summed E-state index contributed by atoms with van der Waals surface area (Å²) < 4.78 is 12.8. The number of guanidine groups is 1. The normalized spacial score (nSPS) is 18.1. The van der Waals surface area contributed by atoms with Gasteiger partial charge in [-0.3, -0.25) is 9.67 Å². The molecule has 0 aromatic carbocycles. The van der Waals surface area contributed by atoms with Crippen LogP contribution in [-0.4, -0.2) is 55.3 Å². The van der Waals surface area contributed by atoms with Crippen molar-refractivity contribution in [2.75, 3.05) is 33.4 Å². The average molecular weight is 423 g/mol. The summed E-state index contributed by atoms with van der Waals surface area (Å²) in [5.41, 5.74) is 1.13. The van der Waals surface area contributed by atoms with Gasteiger partial charge in [-0.25, -0.2) is 0 Å². The van der Waals surface area contributed by atoms with Crippen LogP contribution in [0.5, 0.6) is 0 Å².